The Bertz CT molecular complexity index is 210. The van der Waals surface area contributed by atoms with Crippen LogP contribution in [0.3, 0.4) is 0 Å². The van der Waals surface area contributed by atoms with Crippen LogP contribution in [0.15, 0.2) is 0 Å². The lowest BCUT2D eigenvalue weighted by Crippen LogP contribution is -2.23. The number of hydrogen-bond acceptors (Lipinski definition) is 2. The molecule has 0 unspecified atom stereocenters. The lowest BCUT2D eigenvalue weighted by molar-refractivity contribution is -0.143. The molecule has 0 heterocycles. The average Bonchev–Trinajstić information content (AvgIpc) is 2.03. The Balaban J connectivity index is 2.41. The zero-order valence-corrected chi connectivity index (χ0v) is 7.95. The van der Waals surface area contributed by atoms with Gasteiger partial charge in [-0.3, -0.25) is 4.79 Å². The van der Waals surface area contributed by atoms with Crippen LogP contribution in [0.25, 0.3) is 0 Å². The third-order valence-electron chi connectivity index (χ3n) is 2.71. The molecule has 74 valence electrons. The summed E-state index contributed by atoms with van der Waals surface area (Å²) in [5.41, 5.74) is 0. The summed E-state index contributed by atoms with van der Waals surface area (Å²) in [6.07, 6.45) is 4.00. The normalized spacial score (nSPS) is 28.4. The highest BCUT2D eigenvalue weighted by atomic mass is 16.4. The third kappa shape index (κ3) is 3.17. The van der Waals surface area contributed by atoms with E-state index >= 15 is 0 Å². The molecular formula is C10H16O3. The minimum Gasteiger partial charge on any atom is -0.481 e. The molecule has 1 aliphatic rings. The van der Waals surface area contributed by atoms with E-state index in [1.807, 2.05) is 0 Å². The van der Waals surface area contributed by atoms with Gasteiger partial charge in [-0.1, -0.05) is 6.42 Å². The molecule has 0 bridgehead atoms. The first kappa shape index (κ1) is 10.2. The van der Waals surface area contributed by atoms with Crippen LogP contribution in [0.1, 0.15) is 39.0 Å². The fraction of sp³-hybridized carbons (Fsp3) is 0.800. The molecule has 0 aromatic carbocycles. The van der Waals surface area contributed by atoms with Crippen molar-refractivity contribution in [2.75, 3.05) is 0 Å². The van der Waals surface area contributed by atoms with Gasteiger partial charge in [-0.25, -0.2) is 0 Å². The smallest absolute Gasteiger partial charge is 0.306 e. The first-order chi connectivity index (χ1) is 6.09. The molecule has 0 saturated heterocycles. The van der Waals surface area contributed by atoms with Crippen molar-refractivity contribution in [3.63, 3.8) is 0 Å². The van der Waals surface area contributed by atoms with Gasteiger partial charge in [0.15, 0.2) is 0 Å². The number of rotatable bonds is 3. The molecule has 0 radical (unpaired) electrons. The number of carboxylic acids is 1. The summed E-state index contributed by atoms with van der Waals surface area (Å²) in [5.74, 6) is -0.422. The standard InChI is InChI=1S/C10H16O3/c1-7(11)5-8-3-2-4-9(6-8)10(12)13/h8-9H,2-6H2,1H3,(H,12,13)/t8-,9-/m0/s1. The zero-order valence-electron chi connectivity index (χ0n) is 7.95. The van der Waals surface area contributed by atoms with Gasteiger partial charge >= 0.3 is 5.97 Å². The van der Waals surface area contributed by atoms with Gasteiger partial charge in [-0.15, -0.1) is 0 Å². The van der Waals surface area contributed by atoms with Crippen molar-refractivity contribution in [2.45, 2.75) is 39.0 Å². The number of carbonyl (C=O) groups is 2. The van der Waals surface area contributed by atoms with E-state index in [0.29, 0.717) is 18.8 Å². The maximum atomic E-state index is 10.8. The van der Waals surface area contributed by atoms with Crippen LogP contribution in [-0.4, -0.2) is 16.9 Å². The minimum absolute atomic E-state index is 0.177. The largest absolute Gasteiger partial charge is 0.481 e. The van der Waals surface area contributed by atoms with Crippen molar-refractivity contribution in [1.82, 2.24) is 0 Å². The van der Waals surface area contributed by atoms with E-state index in [2.05, 4.69) is 0 Å². The number of ketones is 1. The van der Waals surface area contributed by atoms with Crippen molar-refractivity contribution < 1.29 is 14.7 Å². The van der Waals surface area contributed by atoms with Gasteiger partial charge in [0.2, 0.25) is 0 Å². The van der Waals surface area contributed by atoms with Gasteiger partial charge in [0, 0.05) is 6.42 Å². The summed E-state index contributed by atoms with van der Waals surface area (Å²) < 4.78 is 0. The number of carboxylic acid groups (broad SMARTS) is 1. The van der Waals surface area contributed by atoms with Gasteiger partial charge in [0.05, 0.1) is 5.92 Å². The van der Waals surface area contributed by atoms with E-state index in [-0.39, 0.29) is 11.7 Å². The van der Waals surface area contributed by atoms with E-state index < -0.39 is 5.97 Å². The van der Waals surface area contributed by atoms with Crippen molar-refractivity contribution in [3.8, 4) is 0 Å². The molecule has 2 atom stereocenters. The van der Waals surface area contributed by atoms with Crippen molar-refractivity contribution in [3.05, 3.63) is 0 Å². The predicted molar refractivity (Wildman–Crippen MR) is 48.4 cm³/mol. The number of Topliss-reactive ketones (excluding diaryl/α,β-unsaturated/α-hetero) is 1. The van der Waals surface area contributed by atoms with Crippen molar-refractivity contribution >= 4 is 11.8 Å². The molecule has 1 saturated carbocycles. The monoisotopic (exact) mass is 184 g/mol. The molecule has 1 N–H and O–H groups in total. The van der Waals surface area contributed by atoms with Crippen LogP contribution in [0.4, 0.5) is 0 Å². The molecule has 0 aliphatic heterocycles. The first-order valence-corrected chi connectivity index (χ1v) is 4.82. The Hall–Kier alpha value is -0.860. The molecule has 1 fully saturated rings. The molecule has 3 nitrogen and oxygen atoms in total. The number of carbonyl (C=O) groups excluding carboxylic acids is 1. The highest BCUT2D eigenvalue weighted by Gasteiger charge is 2.27. The number of aliphatic carboxylic acids is 1. The third-order valence-corrected chi connectivity index (χ3v) is 2.71. The fourth-order valence-electron chi connectivity index (χ4n) is 2.11. The molecule has 1 rings (SSSR count). The summed E-state index contributed by atoms with van der Waals surface area (Å²) in [6, 6.07) is 0. The Kier molecular flexibility index (Phi) is 3.46. The van der Waals surface area contributed by atoms with E-state index in [1.54, 1.807) is 6.92 Å². The maximum absolute atomic E-state index is 10.8. The minimum atomic E-state index is -0.701. The molecule has 0 amide bonds. The Morgan fingerprint density at radius 1 is 1.38 bits per heavy atom. The van der Waals surface area contributed by atoms with Crippen LogP contribution in [0.2, 0.25) is 0 Å². The van der Waals surface area contributed by atoms with Crippen LogP contribution < -0.4 is 0 Å². The van der Waals surface area contributed by atoms with Crippen LogP contribution in [0.5, 0.6) is 0 Å². The van der Waals surface area contributed by atoms with Gasteiger partial charge in [-0.05, 0) is 32.1 Å². The highest BCUT2D eigenvalue weighted by molar-refractivity contribution is 5.76. The van der Waals surface area contributed by atoms with Gasteiger partial charge in [0.25, 0.3) is 0 Å². The lowest BCUT2D eigenvalue weighted by Gasteiger charge is -2.25. The summed E-state index contributed by atoms with van der Waals surface area (Å²) in [7, 11) is 0. The lowest BCUT2D eigenvalue weighted by atomic mass is 9.79. The molecule has 3 heteroatoms. The van der Waals surface area contributed by atoms with Gasteiger partial charge < -0.3 is 9.90 Å². The summed E-state index contributed by atoms with van der Waals surface area (Å²) in [6.45, 7) is 1.57. The Morgan fingerprint density at radius 3 is 2.62 bits per heavy atom. The van der Waals surface area contributed by atoms with E-state index in [1.165, 1.54) is 0 Å². The van der Waals surface area contributed by atoms with E-state index in [9.17, 15) is 9.59 Å². The summed E-state index contributed by atoms with van der Waals surface area (Å²) >= 11 is 0. The quantitative estimate of drug-likeness (QED) is 0.728. The van der Waals surface area contributed by atoms with Gasteiger partial charge in [-0.2, -0.15) is 0 Å². The molecule has 13 heavy (non-hydrogen) atoms. The molecule has 1 aliphatic carbocycles. The van der Waals surface area contributed by atoms with Crippen LogP contribution in [-0.2, 0) is 9.59 Å². The summed E-state index contributed by atoms with van der Waals surface area (Å²) in [5, 5.41) is 8.81. The SMILES string of the molecule is CC(=O)C[C@@H]1CCC[C@H](C(=O)O)C1. The van der Waals surface area contributed by atoms with Crippen LogP contribution in [0, 0.1) is 11.8 Å². The first-order valence-electron chi connectivity index (χ1n) is 4.82. The predicted octanol–water partition coefficient (Wildman–Crippen LogP) is 1.86. The second-order valence-electron chi connectivity index (χ2n) is 3.97. The topological polar surface area (TPSA) is 54.4 Å². The highest BCUT2D eigenvalue weighted by Crippen LogP contribution is 2.31. The van der Waals surface area contributed by atoms with Crippen molar-refractivity contribution in [1.29, 1.82) is 0 Å². The second kappa shape index (κ2) is 4.40. The maximum Gasteiger partial charge on any atom is 0.306 e. The van der Waals surface area contributed by atoms with E-state index in [4.69, 9.17) is 5.11 Å². The molecule has 0 aromatic rings. The van der Waals surface area contributed by atoms with Crippen molar-refractivity contribution in [2.24, 2.45) is 11.8 Å². The average molecular weight is 184 g/mol. The van der Waals surface area contributed by atoms with Gasteiger partial charge in [0.1, 0.15) is 5.78 Å². The fourth-order valence-corrected chi connectivity index (χ4v) is 2.11. The zero-order chi connectivity index (χ0) is 9.84. The molecule has 0 spiro atoms. The Labute approximate surface area is 78.1 Å². The Morgan fingerprint density at radius 2 is 2.08 bits per heavy atom. The summed E-state index contributed by atoms with van der Waals surface area (Å²) in [4.78, 5) is 21.5. The van der Waals surface area contributed by atoms with Crippen LogP contribution >= 0.6 is 0 Å². The number of hydrogen-bond donors (Lipinski definition) is 1. The van der Waals surface area contributed by atoms with E-state index in [0.717, 1.165) is 19.3 Å². The molecule has 0 aromatic heterocycles. The molecular weight excluding hydrogens is 168 g/mol. The second-order valence-corrected chi connectivity index (χ2v) is 3.97.